The monoisotopic (exact) mass is 487 g/mol. The quantitative estimate of drug-likeness (QED) is 0.616. The molecular weight excluding hydrogens is 454 g/mol. The highest BCUT2D eigenvalue weighted by Gasteiger charge is 2.30. The van der Waals surface area contributed by atoms with Gasteiger partial charge in [-0.2, -0.15) is 4.31 Å². The van der Waals surface area contributed by atoms with Gasteiger partial charge in [0.2, 0.25) is 10.0 Å². The molecule has 8 nitrogen and oxygen atoms in total. The second-order valence-corrected chi connectivity index (χ2v) is 10.8. The lowest BCUT2D eigenvalue weighted by molar-refractivity contribution is -0.0212. The fourth-order valence-electron chi connectivity index (χ4n) is 4.50. The van der Waals surface area contributed by atoms with E-state index in [2.05, 4.69) is 29.3 Å². The van der Waals surface area contributed by atoms with Gasteiger partial charge < -0.3 is 14.8 Å². The van der Waals surface area contributed by atoms with Crippen LogP contribution in [-0.4, -0.2) is 69.5 Å². The van der Waals surface area contributed by atoms with Crippen molar-refractivity contribution in [2.45, 2.75) is 43.9 Å². The molecular formula is C25H33N3O5S. The highest BCUT2D eigenvalue weighted by Crippen LogP contribution is 2.30. The molecule has 0 bridgehead atoms. The highest BCUT2D eigenvalue weighted by molar-refractivity contribution is 7.89. The lowest BCUT2D eigenvalue weighted by Crippen LogP contribution is -2.40. The molecule has 2 aliphatic rings. The molecule has 2 aromatic carbocycles. The summed E-state index contributed by atoms with van der Waals surface area (Å²) < 4.78 is 38.5. The standard InChI is InChI=1S/C25H33N3O5S/c1-19-17-27(12-13-33-19)18-21-7-5-6-20(14-21)16-26-25(29)22-8-9-23(32-2)24(15-22)34(30,31)28-10-3-4-11-28/h5-9,14-15,19H,3-4,10-13,16-18H2,1-2H3,(H,26,29). The summed E-state index contributed by atoms with van der Waals surface area (Å²) in [4.78, 5) is 15.3. The molecule has 1 N–H and O–H groups in total. The van der Waals surface area contributed by atoms with E-state index in [0.717, 1.165) is 44.6 Å². The molecule has 2 aliphatic heterocycles. The van der Waals surface area contributed by atoms with Crippen LogP contribution in [-0.2, 0) is 27.8 Å². The van der Waals surface area contributed by atoms with Gasteiger partial charge in [-0.15, -0.1) is 0 Å². The van der Waals surface area contributed by atoms with Crippen molar-refractivity contribution in [2.75, 3.05) is 39.9 Å². The molecule has 1 unspecified atom stereocenters. The summed E-state index contributed by atoms with van der Waals surface area (Å²) in [6.45, 7) is 6.81. The molecule has 1 amide bonds. The first-order valence-electron chi connectivity index (χ1n) is 11.7. The molecule has 2 heterocycles. The molecule has 2 fully saturated rings. The number of nitrogens with one attached hydrogen (secondary N) is 1. The maximum Gasteiger partial charge on any atom is 0.251 e. The number of amides is 1. The number of ether oxygens (including phenoxy) is 2. The minimum absolute atomic E-state index is 0.0336. The van der Waals surface area contributed by atoms with Crippen molar-refractivity contribution >= 4 is 15.9 Å². The van der Waals surface area contributed by atoms with Gasteiger partial charge in [-0.25, -0.2) is 8.42 Å². The van der Waals surface area contributed by atoms with Crippen LogP contribution in [0, 0.1) is 0 Å². The third-order valence-electron chi connectivity index (χ3n) is 6.28. The van der Waals surface area contributed by atoms with Crippen LogP contribution in [0.15, 0.2) is 47.4 Å². The minimum atomic E-state index is -3.71. The number of carbonyl (C=O) groups excluding carboxylic acids is 1. The van der Waals surface area contributed by atoms with E-state index in [-0.39, 0.29) is 28.2 Å². The lowest BCUT2D eigenvalue weighted by Gasteiger charge is -2.31. The van der Waals surface area contributed by atoms with Crippen LogP contribution in [0.4, 0.5) is 0 Å². The first-order chi connectivity index (χ1) is 16.4. The Balaban J connectivity index is 1.43. The number of hydrogen-bond acceptors (Lipinski definition) is 6. The van der Waals surface area contributed by atoms with Gasteiger partial charge in [-0.1, -0.05) is 24.3 Å². The number of benzene rings is 2. The van der Waals surface area contributed by atoms with Crippen molar-refractivity contribution in [3.8, 4) is 5.75 Å². The lowest BCUT2D eigenvalue weighted by atomic mass is 10.1. The van der Waals surface area contributed by atoms with E-state index in [9.17, 15) is 13.2 Å². The van der Waals surface area contributed by atoms with Gasteiger partial charge in [-0.05, 0) is 49.1 Å². The van der Waals surface area contributed by atoms with E-state index < -0.39 is 10.0 Å². The van der Waals surface area contributed by atoms with Crippen LogP contribution in [0.1, 0.15) is 41.3 Å². The van der Waals surface area contributed by atoms with Crippen molar-refractivity contribution in [3.63, 3.8) is 0 Å². The van der Waals surface area contributed by atoms with E-state index in [4.69, 9.17) is 9.47 Å². The van der Waals surface area contributed by atoms with Crippen molar-refractivity contribution in [1.29, 1.82) is 0 Å². The molecule has 0 spiro atoms. The highest BCUT2D eigenvalue weighted by atomic mass is 32.2. The van der Waals surface area contributed by atoms with Gasteiger partial charge >= 0.3 is 0 Å². The average Bonchev–Trinajstić information content (AvgIpc) is 3.38. The zero-order valence-electron chi connectivity index (χ0n) is 19.8. The van der Waals surface area contributed by atoms with Crippen LogP contribution in [0.5, 0.6) is 5.75 Å². The molecule has 2 saturated heterocycles. The number of rotatable bonds is 8. The second kappa shape index (κ2) is 10.9. The summed E-state index contributed by atoms with van der Waals surface area (Å²) in [5, 5.41) is 2.92. The van der Waals surface area contributed by atoms with Crippen LogP contribution >= 0.6 is 0 Å². The molecule has 1 atom stereocenters. The molecule has 0 aliphatic carbocycles. The van der Waals surface area contributed by atoms with Crippen LogP contribution in [0.25, 0.3) is 0 Å². The van der Waals surface area contributed by atoms with Gasteiger partial charge in [0.25, 0.3) is 5.91 Å². The Bertz CT molecular complexity index is 1120. The molecule has 9 heteroatoms. The molecule has 4 rings (SSSR count). The smallest absolute Gasteiger partial charge is 0.251 e. The summed E-state index contributed by atoms with van der Waals surface area (Å²) in [5.41, 5.74) is 2.46. The van der Waals surface area contributed by atoms with Crippen LogP contribution in [0.3, 0.4) is 0 Å². The summed E-state index contributed by atoms with van der Waals surface area (Å²) in [5.74, 6) is -0.0819. The fourth-order valence-corrected chi connectivity index (χ4v) is 6.20. The van der Waals surface area contributed by atoms with E-state index in [1.54, 1.807) is 12.1 Å². The Kier molecular flexibility index (Phi) is 7.88. The first kappa shape index (κ1) is 24.7. The van der Waals surface area contributed by atoms with Gasteiger partial charge in [0.1, 0.15) is 10.6 Å². The van der Waals surface area contributed by atoms with E-state index in [1.165, 1.54) is 23.0 Å². The zero-order valence-corrected chi connectivity index (χ0v) is 20.6. The Morgan fingerprint density at radius 2 is 1.88 bits per heavy atom. The predicted molar refractivity (Wildman–Crippen MR) is 129 cm³/mol. The second-order valence-electron chi connectivity index (χ2n) is 8.90. The summed E-state index contributed by atoms with van der Waals surface area (Å²) >= 11 is 0. The first-order valence-corrected chi connectivity index (χ1v) is 13.2. The van der Waals surface area contributed by atoms with Crippen molar-refractivity contribution in [1.82, 2.24) is 14.5 Å². The number of hydrogen-bond donors (Lipinski definition) is 1. The molecule has 2 aromatic rings. The Hall–Kier alpha value is -2.46. The minimum Gasteiger partial charge on any atom is -0.495 e. The van der Waals surface area contributed by atoms with E-state index in [1.807, 2.05) is 12.1 Å². The molecule has 184 valence electrons. The molecule has 0 aromatic heterocycles. The topological polar surface area (TPSA) is 88.2 Å². The predicted octanol–water partition coefficient (Wildman–Crippen LogP) is 2.63. The van der Waals surface area contributed by atoms with Gasteiger partial charge in [0.05, 0.1) is 19.8 Å². The Morgan fingerprint density at radius 3 is 2.62 bits per heavy atom. The summed E-state index contributed by atoms with van der Waals surface area (Å²) in [6, 6.07) is 12.7. The van der Waals surface area contributed by atoms with Gasteiger partial charge in [0, 0.05) is 44.8 Å². The number of morpholine rings is 1. The van der Waals surface area contributed by atoms with E-state index in [0.29, 0.717) is 19.6 Å². The maximum absolute atomic E-state index is 13.1. The summed E-state index contributed by atoms with van der Waals surface area (Å²) in [6.07, 6.45) is 1.91. The third kappa shape index (κ3) is 5.78. The zero-order chi connectivity index (χ0) is 24.1. The number of methoxy groups -OCH3 is 1. The Morgan fingerprint density at radius 1 is 1.12 bits per heavy atom. The third-order valence-corrected chi connectivity index (χ3v) is 8.20. The van der Waals surface area contributed by atoms with Crippen LogP contribution in [0.2, 0.25) is 0 Å². The Labute approximate surface area is 201 Å². The van der Waals surface area contributed by atoms with Crippen molar-refractivity contribution in [2.24, 2.45) is 0 Å². The van der Waals surface area contributed by atoms with Gasteiger partial charge in [0.15, 0.2) is 0 Å². The normalized spacial score (nSPS) is 19.8. The summed E-state index contributed by atoms with van der Waals surface area (Å²) in [7, 11) is -2.28. The largest absolute Gasteiger partial charge is 0.495 e. The van der Waals surface area contributed by atoms with Crippen LogP contribution < -0.4 is 10.1 Å². The van der Waals surface area contributed by atoms with Crippen molar-refractivity contribution < 1.29 is 22.7 Å². The number of nitrogens with zero attached hydrogens (tertiary/aromatic N) is 2. The van der Waals surface area contributed by atoms with Gasteiger partial charge in [-0.3, -0.25) is 9.69 Å². The maximum atomic E-state index is 13.1. The number of sulfonamides is 1. The van der Waals surface area contributed by atoms with Crippen molar-refractivity contribution in [3.05, 3.63) is 59.2 Å². The average molecular weight is 488 g/mol. The van der Waals surface area contributed by atoms with E-state index >= 15 is 0 Å². The molecule has 34 heavy (non-hydrogen) atoms. The SMILES string of the molecule is COc1ccc(C(=O)NCc2cccc(CN3CCOC(C)C3)c2)cc1S(=O)(=O)N1CCCC1. The number of carbonyl (C=O) groups is 1. The molecule has 0 saturated carbocycles. The molecule has 0 radical (unpaired) electrons. The fraction of sp³-hybridized carbons (Fsp3) is 0.480.